The zero-order chi connectivity index (χ0) is 13.7. The molecule has 2 N–H and O–H groups in total. The highest BCUT2D eigenvalue weighted by atomic mass is 32.2. The standard InChI is InChI=1S/C14H24N2OS2/c1-11(2)18-14-4-3-13(19-14)12(17)5-8-16-9-6-15-7-10-16/h3-4,11-12,15,17H,5-10H2,1-2H3. The van der Waals surface area contributed by atoms with Crippen molar-refractivity contribution in [1.29, 1.82) is 0 Å². The Hall–Kier alpha value is -0.0700. The largest absolute Gasteiger partial charge is 0.388 e. The van der Waals surface area contributed by atoms with Crippen LogP contribution in [0.1, 0.15) is 31.2 Å². The molecule has 108 valence electrons. The zero-order valence-electron chi connectivity index (χ0n) is 11.8. The third-order valence-electron chi connectivity index (χ3n) is 3.21. The molecular weight excluding hydrogens is 276 g/mol. The number of thiophene rings is 1. The summed E-state index contributed by atoms with van der Waals surface area (Å²) in [4.78, 5) is 3.54. The van der Waals surface area contributed by atoms with E-state index in [4.69, 9.17) is 0 Å². The lowest BCUT2D eigenvalue weighted by atomic mass is 10.2. The molecule has 0 aliphatic carbocycles. The summed E-state index contributed by atoms with van der Waals surface area (Å²) in [5.41, 5.74) is 0. The van der Waals surface area contributed by atoms with Crippen molar-refractivity contribution in [3.05, 3.63) is 17.0 Å². The first-order chi connectivity index (χ1) is 9.15. The van der Waals surface area contributed by atoms with Crippen molar-refractivity contribution in [2.24, 2.45) is 0 Å². The van der Waals surface area contributed by atoms with Gasteiger partial charge in [0.05, 0.1) is 10.3 Å². The minimum Gasteiger partial charge on any atom is -0.388 e. The monoisotopic (exact) mass is 300 g/mol. The van der Waals surface area contributed by atoms with Crippen LogP contribution in [0.5, 0.6) is 0 Å². The van der Waals surface area contributed by atoms with Crippen LogP contribution in [-0.4, -0.2) is 48.0 Å². The summed E-state index contributed by atoms with van der Waals surface area (Å²) >= 11 is 3.61. The number of nitrogens with one attached hydrogen (secondary N) is 1. The topological polar surface area (TPSA) is 35.5 Å². The van der Waals surface area contributed by atoms with E-state index >= 15 is 0 Å². The summed E-state index contributed by atoms with van der Waals surface area (Å²) in [5, 5.41) is 14.2. The molecule has 0 spiro atoms. The van der Waals surface area contributed by atoms with Crippen LogP contribution in [-0.2, 0) is 0 Å². The molecule has 19 heavy (non-hydrogen) atoms. The van der Waals surface area contributed by atoms with Crippen molar-refractivity contribution >= 4 is 23.1 Å². The van der Waals surface area contributed by atoms with Crippen LogP contribution >= 0.6 is 23.1 Å². The molecule has 0 aromatic carbocycles. The molecule has 0 bridgehead atoms. The van der Waals surface area contributed by atoms with Crippen LogP contribution in [0, 0.1) is 0 Å². The van der Waals surface area contributed by atoms with Crippen LogP contribution < -0.4 is 5.32 Å². The summed E-state index contributed by atoms with van der Waals surface area (Å²) < 4.78 is 1.31. The molecule has 2 heterocycles. The number of aliphatic hydroxyl groups is 1. The molecule has 5 heteroatoms. The Morgan fingerprint density at radius 2 is 2.11 bits per heavy atom. The number of piperazine rings is 1. The van der Waals surface area contributed by atoms with Gasteiger partial charge in [-0.05, 0) is 18.6 Å². The minimum atomic E-state index is -0.304. The van der Waals surface area contributed by atoms with Gasteiger partial charge in [-0.25, -0.2) is 0 Å². The number of thioether (sulfide) groups is 1. The van der Waals surface area contributed by atoms with E-state index in [2.05, 4.69) is 36.2 Å². The molecule has 1 saturated heterocycles. The van der Waals surface area contributed by atoms with E-state index in [9.17, 15) is 5.11 Å². The molecule has 0 saturated carbocycles. The summed E-state index contributed by atoms with van der Waals surface area (Å²) in [5.74, 6) is 0. The fourth-order valence-corrected chi connectivity index (χ4v) is 4.62. The third kappa shape index (κ3) is 5.08. The van der Waals surface area contributed by atoms with Crippen molar-refractivity contribution < 1.29 is 5.11 Å². The van der Waals surface area contributed by atoms with Gasteiger partial charge >= 0.3 is 0 Å². The van der Waals surface area contributed by atoms with Crippen molar-refractivity contribution in [2.75, 3.05) is 32.7 Å². The van der Waals surface area contributed by atoms with E-state index in [0.717, 1.165) is 44.0 Å². The van der Waals surface area contributed by atoms with E-state index in [-0.39, 0.29) is 6.10 Å². The Kier molecular flexibility index (Phi) is 6.16. The molecule has 3 nitrogen and oxygen atoms in total. The molecule has 1 fully saturated rings. The molecule has 2 rings (SSSR count). The molecular formula is C14H24N2OS2. The third-order valence-corrected chi connectivity index (χ3v) is 5.57. The summed E-state index contributed by atoms with van der Waals surface area (Å²) in [6.45, 7) is 9.74. The highest BCUT2D eigenvalue weighted by molar-refractivity contribution is 8.01. The number of aliphatic hydroxyl groups excluding tert-OH is 1. The lowest BCUT2D eigenvalue weighted by Crippen LogP contribution is -2.43. The average molecular weight is 300 g/mol. The van der Waals surface area contributed by atoms with Gasteiger partial charge in [0, 0.05) is 42.9 Å². The van der Waals surface area contributed by atoms with E-state index < -0.39 is 0 Å². The fraction of sp³-hybridized carbons (Fsp3) is 0.714. The number of hydrogen-bond acceptors (Lipinski definition) is 5. The smallest absolute Gasteiger partial charge is 0.0894 e. The van der Waals surface area contributed by atoms with Gasteiger partial charge in [0.25, 0.3) is 0 Å². The minimum absolute atomic E-state index is 0.304. The van der Waals surface area contributed by atoms with Crippen molar-refractivity contribution in [2.45, 2.75) is 35.8 Å². The Morgan fingerprint density at radius 1 is 1.37 bits per heavy atom. The summed E-state index contributed by atoms with van der Waals surface area (Å²) in [6, 6.07) is 4.22. The summed E-state index contributed by atoms with van der Waals surface area (Å²) in [6.07, 6.45) is 0.535. The number of nitrogens with zero attached hydrogens (tertiary/aromatic N) is 1. The maximum Gasteiger partial charge on any atom is 0.0894 e. The second kappa shape index (κ2) is 7.64. The average Bonchev–Trinajstić information content (AvgIpc) is 2.85. The van der Waals surface area contributed by atoms with Gasteiger partial charge in [-0.3, -0.25) is 0 Å². The molecule has 1 unspecified atom stereocenters. The zero-order valence-corrected chi connectivity index (χ0v) is 13.4. The second-order valence-corrected chi connectivity index (χ2v) is 8.21. The highest BCUT2D eigenvalue weighted by Gasteiger charge is 2.15. The lowest BCUT2D eigenvalue weighted by Gasteiger charge is -2.27. The molecule has 0 amide bonds. The Balaban J connectivity index is 1.78. The highest BCUT2D eigenvalue weighted by Crippen LogP contribution is 2.34. The first kappa shape index (κ1) is 15.3. The molecule has 1 aromatic heterocycles. The van der Waals surface area contributed by atoms with Crippen LogP contribution in [0.2, 0.25) is 0 Å². The van der Waals surface area contributed by atoms with Crippen LogP contribution in [0.3, 0.4) is 0 Å². The number of rotatable bonds is 6. The molecule has 1 atom stereocenters. The predicted molar refractivity (Wildman–Crippen MR) is 84.2 cm³/mol. The Labute approximate surface area is 124 Å². The fourth-order valence-electron chi connectivity index (χ4n) is 2.19. The second-order valence-electron chi connectivity index (χ2n) is 5.22. The maximum absolute atomic E-state index is 10.3. The van der Waals surface area contributed by atoms with E-state index in [1.165, 1.54) is 4.21 Å². The quantitative estimate of drug-likeness (QED) is 0.792. The Bertz CT molecular complexity index is 375. The first-order valence-electron chi connectivity index (χ1n) is 7.02. The van der Waals surface area contributed by atoms with Crippen molar-refractivity contribution in [3.8, 4) is 0 Å². The van der Waals surface area contributed by atoms with Crippen LogP contribution in [0.15, 0.2) is 16.3 Å². The van der Waals surface area contributed by atoms with Gasteiger partial charge < -0.3 is 15.3 Å². The van der Waals surface area contributed by atoms with Crippen LogP contribution in [0.4, 0.5) is 0 Å². The van der Waals surface area contributed by atoms with Crippen molar-refractivity contribution in [1.82, 2.24) is 10.2 Å². The van der Waals surface area contributed by atoms with E-state index in [1.807, 2.05) is 11.8 Å². The molecule has 0 radical (unpaired) electrons. The normalized spacial score (nSPS) is 18.9. The van der Waals surface area contributed by atoms with Gasteiger partial charge in [-0.15, -0.1) is 23.1 Å². The summed E-state index contributed by atoms with van der Waals surface area (Å²) in [7, 11) is 0. The maximum atomic E-state index is 10.3. The molecule has 1 aliphatic heterocycles. The SMILES string of the molecule is CC(C)Sc1ccc(C(O)CCN2CCNCC2)s1. The molecule has 1 aromatic rings. The van der Waals surface area contributed by atoms with Gasteiger partial charge in [-0.1, -0.05) is 13.8 Å². The first-order valence-corrected chi connectivity index (χ1v) is 8.72. The van der Waals surface area contributed by atoms with Gasteiger partial charge in [0.1, 0.15) is 0 Å². The lowest BCUT2D eigenvalue weighted by molar-refractivity contribution is 0.139. The van der Waals surface area contributed by atoms with Crippen molar-refractivity contribution in [3.63, 3.8) is 0 Å². The Morgan fingerprint density at radius 3 is 2.79 bits per heavy atom. The van der Waals surface area contributed by atoms with E-state index in [1.54, 1.807) is 11.3 Å². The van der Waals surface area contributed by atoms with Crippen LogP contribution in [0.25, 0.3) is 0 Å². The van der Waals surface area contributed by atoms with Gasteiger partial charge in [0.2, 0.25) is 0 Å². The molecule has 1 aliphatic rings. The van der Waals surface area contributed by atoms with Gasteiger partial charge in [-0.2, -0.15) is 0 Å². The van der Waals surface area contributed by atoms with E-state index in [0.29, 0.717) is 5.25 Å². The predicted octanol–water partition coefficient (Wildman–Crippen LogP) is 2.58. The van der Waals surface area contributed by atoms with Gasteiger partial charge in [0.15, 0.2) is 0 Å². The number of hydrogen-bond donors (Lipinski definition) is 2.